The molecule has 0 bridgehead atoms. The van der Waals surface area contributed by atoms with Gasteiger partial charge in [0.05, 0.1) is 12.3 Å². The van der Waals surface area contributed by atoms with Crippen molar-refractivity contribution in [2.24, 2.45) is 5.92 Å². The number of rotatable bonds is 3. The number of carboxylic acids is 1. The zero-order valence-corrected chi connectivity index (χ0v) is 9.93. The minimum Gasteiger partial charge on any atom is -0.488 e. The summed E-state index contributed by atoms with van der Waals surface area (Å²) in [6.07, 6.45) is 7.37. The highest BCUT2D eigenvalue weighted by molar-refractivity contribution is 5.90. The van der Waals surface area contributed by atoms with Crippen LogP contribution in [0.3, 0.4) is 0 Å². The third-order valence-electron chi connectivity index (χ3n) is 3.27. The molecule has 0 aliphatic heterocycles. The maximum absolute atomic E-state index is 11.0. The van der Waals surface area contributed by atoms with Crippen molar-refractivity contribution in [1.82, 2.24) is 4.98 Å². The summed E-state index contributed by atoms with van der Waals surface area (Å²) in [5, 5.41) is 9.03. The van der Waals surface area contributed by atoms with Gasteiger partial charge in [0, 0.05) is 6.20 Å². The van der Waals surface area contributed by atoms with Crippen LogP contribution < -0.4 is 4.74 Å². The molecule has 0 radical (unpaired) electrons. The van der Waals surface area contributed by atoms with Crippen LogP contribution in [0, 0.1) is 5.92 Å². The second kappa shape index (κ2) is 5.17. The fraction of sp³-hybridized carbons (Fsp3) is 0.538. The van der Waals surface area contributed by atoms with E-state index in [0.717, 1.165) is 31.6 Å². The monoisotopic (exact) mass is 235 g/mol. The Labute approximate surface area is 101 Å². The minimum absolute atomic E-state index is 0.133. The Balaban J connectivity index is 2.05. The molecule has 0 amide bonds. The van der Waals surface area contributed by atoms with E-state index in [0.29, 0.717) is 5.75 Å². The van der Waals surface area contributed by atoms with E-state index >= 15 is 0 Å². The van der Waals surface area contributed by atoms with Gasteiger partial charge in [0.25, 0.3) is 0 Å². The Kier molecular flexibility index (Phi) is 3.61. The molecule has 1 saturated carbocycles. The summed E-state index contributed by atoms with van der Waals surface area (Å²) in [5.74, 6) is 0.175. The van der Waals surface area contributed by atoms with Crippen LogP contribution in [0.15, 0.2) is 18.5 Å². The van der Waals surface area contributed by atoms with Crippen LogP contribution in [0.2, 0.25) is 0 Å². The molecule has 1 aromatic rings. The van der Waals surface area contributed by atoms with Gasteiger partial charge in [-0.3, -0.25) is 4.98 Å². The zero-order valence-electron chi connectivity index (χ0n) is 9.93. The molecular formula is C13H17NO3. The molecular weight excluding hydrogens is 218 g/mol. The lowest BCUT2D eigenvalue weighted by molar-refractivity contribution is 0.0683. The first-order chi connectivity index (χ1) is 8.16. The lowest BCUT2D eigenvalue weighted by Crippen LogP contribution is -2.23. The fourth-order valence-electron chi connectivity index (χ4n) is 2.18. The molecule has 0 unspecified atom stereocenters. The highest BCUT2D eigenvalue weighted by Crippen LogP contribution is 2.28. The lowest BCUT2D eigenvalue weighted by atomic mass is 9.89. The molecule has 0 atom stereocenters. The molecule has 92 valence electrons. The van der Waals surface area contributed by atoms with Crippen molar-refractivity contribution in [2.75, 3.05) is 0 Å². The Morgan fingerprint density at radius 2 is 2.12 bits per heavy atom. The summed E-state index contributed by atoms with van der Waals surface area (Å²) < 4.78 is 5.75. The van der Waals surface area contributed by atoms with Gasteiger partial charge in [-0.1, -0.05) is 6.92 Å². The second-order valence-corrected chi connectivity index (χ2v) is 4.68. The molecule has 2 rings (SSSR count). The number of aromatic nitrogens is 1. The van der Waals surface area contributed by atoms with Gasteiger partial charge in [-0.15, -0.1) is 0 Å². The normalized spacial score (nSPS) is 24.3. The van der Waals surface area contributed by atoms with Gasteiger partial charge in [-0.05, 0) is 37.7 Å². The van der Waals surface area contributed by atoms with Crippen LogP contribution in [0.4, 0.5) is 0 Å². The summed E-state index contributed by atoms with van der Waals surface area (Å²) >= 11 is 0. The predicted molar refractivity (Wildman–Crippen MR) is 63.2 cm³/mol. The molecule has 0 spiro atoms. The molecule has 0 aromatic carbocycles. The van der Waals surface area contributed by atoms with E-state index in [2.05, 4.69) is 11.9 Å². The van der Waals surface area contributed by atoms with Gasteiger partial charge in [-0.25, -0.2) is 4.79 Å². The molecule has 4 heteroatoms. The largest absolute Gasteiger partial charge is 0.488 e. The molecule has 4 nitrogen and oxygen atoms in total. The van der Waals surface area contributed by atoms with E-state index in [1.165, 1.54) is 18.5 Å². The average Bonchev–Trinajstić information content (AvgIpc) is 2.32. The van der Waals surface area contributed by atoms with Crippen molar-refractivity contribution in [2.45, 2.75) is 38.7 Å². The van der Waals surface area contributed by atoms with E-state index in [4.69, 9.17) is 9.84 Å². The predicted octanol–water partition coefficient (Wildman–Crippen LogP) is 2.74. The molecule has 1 aliphatic rings. The maximum Gasteiger partial charge on any atom is 0.339 e. The number of aromatic carboxylic acids is 1. The quantitative estimate of drug-likeness (QED) is 0.875. The molecule has 1 N–H and O–H groups in total. The van der Waals surface area contributed by atoms with E-state index in [1.54, 1.807) is 0 Å². The Bertz CT molecular complexity index is 397. The summed E-state index contributed by atoms with van der Waals surface area (Å²) in [6, 6.07) is 1.48. The van der Waals surface area contributed by atoms with Gasteiger partial charge >= 0.3 is 5.97 Å². The summed E-state index contributed by atoms with van der Waals surface area (Å²) in [6.45, 7) is 2.24. The third kappa shape index (κ3) is 2.96. The van der Waals surface area contributed by atoms with Gasteiger partial charge < -0.3 is 9.84 Å². The lowest BCUT2D eigenvalue weighted by Gasteiger charge is -2.27. The smallest absolute Gasteiger partial charge is 0.339 e. The van der Waals surface area contributed by atoms with Gasteiger partial charge in [0.1, 0.15) is 5.56 Å². The first-order valence-electron chi connectivity index (χ1n) is 6.00. The average molecular weight is 235 g/mol. The van der Waals surface area contributed by atoms with Crippen LogP contribution in [-0.2, 0) is 0 Å². The number of hydrogen-bond donors (Lipinski definition) is 1. The van der Waals surface area contributed by atoms with E-state index in [1.807, 2.05) is 0 Å². The van der Waals surface area contributed by atoms with Crippen molar-refractivity contribution in [3.63, 3.8) is 0 Å². The van der Waals surface area contributed by atoms with Crippen LogP contribution >= 0.6 is 0 Å². The molecule has 1 aliphatic carbocycles. The van der Waals surface area contributed by atoms with E-state index in [9.17, 15) is 4.79 Å². The van der Waals surface area contributed by atoms with Crippen molar-refractivity contribution < 1.29 is 14.6 Å². The van der Waals surface area contributed by atoms with Crippen molar-refractivity contribution in [3.05, 3.63) is 24.0 Å². The zero-order chi connectivity index (χ0) is 12.3. The molecule has 1 aromatic heterocycles. The number of ether oxygens (including phenoxy) is 1. The summed E-state index contributed by atoms with van der Waals surface area (Å²) in [5.41, 5.74) is 0.193. The standard InChI is InChI=1S/C13H17NO3/c1-9-2-4-10(5-3-9)17-12-8-14-7-6-11(12)13(15)16/h6-10H,2-5H2,1H3,(H,15,16). The second-order valence-electron chi connectivity index (χ2n) is 4.68. The topological polar surface area (TPSA) is 59.4 Å². The fourth-order valence-corrected chi connectivity index (χ4v) is 2.18. The molecule has 1 heterocycles. The molecule has 17 heavy (non-hydrogen) atoms. The minimum atomic E-state index is -0.966. The highest BCUT2D eigenvalue weighted by Gasteiger charge is 2.21. The van der Waals surface area contributed by atoms with Crippen molar-refractivity contribution in [1.29, 1.82) is 0 Å². The van der Waals surface area contributed by atoms with Crippen LogP contribution in [0.5, 0.6) is 5.75 Å². The first-order valence-corrected chi connectivity index (χ1v) is 6.00. The summed E-state index contributed by atoms with van der Waals surface area (Å²) in [7, 11) is 0. The molecule has 1 fully saturated rings. The Hall–Kier alpha value is -1.58. The van der Waals surface area contributed by atoms with Crippen LogP contribution in [-0.4, -0.2) is 22.2 Å². The van der Waals surface area contributed by atoms with Crippen molar-refractivity contribution >= 4 is 5.97 Å². The van der Waals surface area contributed by atoms with Gasteiger partial charge in [0.2, 0.25) is 0 Å². The highest BCUT2D eigenvalue weighted by atomic mass is 16.5. The molecule has 0 saturated heterocycles. The number of pyridine rings is 1. The number of nitrogens with zero attached hydrogens (tertiary/aromatic N) is 1. The first kappa shape index (κ1) is 11.9. The Morgan fingerprint density at radius 3 is 2.76 bits per heavy atom. The van der Waals surface area contributed by atoms with Crippen LogP contribution in [0.1, 0.15) is 43.0 Å². The van der Waals surface area contributed by atoms with E-state index in [-0.39, 0.29) is 11.7 Å². The maximum atomic E-state index is 11.0. The third-order valence-corrected chi connectivity index (χ3v) is 3.27. The number of carboxylic acid groups (broad SMARTS) is 1. The van der Waals surface area contributed by atoms with Gasteiger partial charge in [0.15, 0.2) is 5.75 Å². The SMILES string of the molecule is CC1CCC(Oc2cnccc2C(=O)O)CC1. The number of hydrogen-bond acceptors (Lipinski definition) is 3. The summed E-state index contributed by atoms with van der Waals surface area (Å²) in [4.78, 5) is 14.9. The van der Waals surface area contributed by atoms with E-state index < -0.39 is 5.97 Å². The van der Waals surface area contributed by atoms with Gasteiger partial charge in [-0.2, -0.15) is 0 Å². The Morgan fingerprint density at radius 1 is 1.41 bits per heavy atom. The number of carbonyl (C=O) groups is 1. The van der Waals surface area contributed by atoms with Crippen LogP contribution in [0.25, 0.3) is 0 Å². The van der Waals surface area contributed by atoms with Crippen molar-refractivity contribution in [3.8, 4) is 5.75 Å².